The number of nitrogens with zero attached hydrogens (tertiary/aromatic N) is 1. The Kier molecular flexibility index (Phi) is 6.11. The number of nitrogens with one attached hydrogen (secondary N) is 2. The average Bonchev–Trinajstić information content (AvgIpc) is 2.75. The van der Waals surface area contributed by atoms with E-state index in [-0.39, 0.29) is 24.2 Å². The standard InChI is InChI=1S/C14H20ClN3O.ClH/c1-9-7-16-8-10(9)14(19)17-12-6-4-5-11(15)13(12)18(2)3;/h4-6,9-10,16H,7-8H2,1-3H3,(H,17,19);1H/t9-,10-;/m1./s1. The van der Waals surface area contributed by atoms with E-state index < -0.39 is 0 Å². The number of amides is 1. The largest absolute Gasteiger partial charge is 0.375 e. The first-order valence-corrected chi connectivity index (χ1v) is 6.86. The molecule has 2 N–H and O–H groups in total. The highest BCUT2D eigenvalue weighted by Crippen LogP contribution is 2.33. The van der Waals surface area contributed by atoms with Crippen LogP contribution in [-0.4, -0.2) is 33.1 Å². The number of rotatable bonds is 3. The first-order chi connectivity index (χ1) is 9.00. The third-order valence-corrected chi connectivity index (χ3v) is 3.85. The van der Waals surface area contributed by atoms with Crippen LogP contribution in [0.1, 0.15) is 6.92 Å². The lowest BCUT2D eigenvalue weighted by Crippen LogP contribution is -2.28. The lowest BCUT2D eigenvalue weighted by molar-refractivity contribution is -0.120. The van der Waals surface area contributed by atoms with E-state index in [4.69, 9.17) is 11.6 Å². The zero-order chi connectivity index (χ0) is 14.0. The summed E-state index contributed by atoms with van der Waals surface area (Å²) < 4.78 is 0. The highest BCUT2D eigenvalue weighted by atomic mass is 35.5. The van der Waals surface area contributed by atoms with Crippen molar-refractivity contribution in [2.24, 2.45) is 11.8 Å². The molecule has 1 saturated heterocycles. The van der Waals surface area contributed by atoms with Crippen LogP contribution in [0.2, 0.25) is 5.02 Å². The molecule has 1 aliphatic rings. The molecular weight excluding hydrogens is 297 g/mol. The van der Waals surface area contributed by atoms with Gasteiger partial charge in [0.2, 0.25) is 5.91 Å². The molecule has 0 aromatic heterocycles. The summed E-state index contributed by atoms with van der Waals surface area (Å²) in [6, 6.07) is 5.56. The van der Waals surface area contributed by atoms with Gasteiger partial charge in [-0.1, -0.05) is 24.6 Å². The maximum absolute atomic E-state index is 12.3. The molecule has 6 heteroatoms. The molecule has 0 spiro atoms. The lowest BCUT2D eigenvalue weighted by Gasteiger charge is -2.21. The molecule has 1 aromatic rings. The van der Waals surface area contributed by atoms with Gasteiger partial charge in [-0.05, 0) is 24.6 Å². The van der Waals surface area contributed by atoms with E-state index >= 15 is 0 Å². The second kappa shape index (κ2) is 7.16. The first kappa shape index (κ1) is 17.1. The predicted molar refractivity (Wildman–Crippen MR) is 87.2 cm³/mol. The van der Waals surface area contributed by atoms with Crippen molar-refractivity contribution in [1.82, 2.24) is 5.32 Å². The molecule has 0 saturated carbocycles. The summed E-state index contributed by atoms with van der Waals surface area (Å²) in [4.78, 5) is 14.2. The SMILES string of the molecule is C[C@@H]1CNC[C@H]1C(=O)Nc1cccc(Cl)c1N(C)C.Cl. The number of carbonyl (C=O) groups is 1. The number of para-hydroxylation sites is 1. The van der Waals surface area contributed by atoms with Gasteiger partial charge in [0, 0.05) is 20.6 Å². The van der Waals surface area contributed by atoms with Crippen LogP contribution in [0.3, 0.4) is 0 Å². The molecule has 0 unspecified atom stereocenters. The van der Waals surface area contributed by atoms with Crippen molar-refractivity contribution in [2.75, 3.05) is 37.4 Å². The summed E-state index contributed by atoms with van der Waals surface area (Å²) in [5, 5.41) is 6.88. The minimum Gasteiger partial charge on any atom is -0.375 e. The van der Waals surface area contributed by atoms with Crippen LogP contribution in [0.15, 0.2) is 18.2 Å². The molecule has 2 rings (SSSR count). The summed E-state index contributed by atoms with van der Waals surface area (Å²) in [6.07, 6.45) is 0. The molecule has 1 heterocycles. The van der Waals surface area contributed by atoms with E-state index in [2.05, 4.69) is 17.6 Å². The molecule has 1 fully saturated rings. The lowest BCUT2D eigenvalue weighted by atomic mass is 9.97. The third kappa shape index (κ3) is 3.57. The number of hydrogen-bond donors (Lipinski definition) is 2. The van der Waals surface area contributed by atoms with Gasteiger partial charge >= 0.3 is 0 Å². The van der Waals surface area contributed by atoms with E-state index in [0.29, 0.717) is 10.9 Å². The summed E-state index contributed by atoms with van der Waals surface area (Å²) in [6.45, 7) is 3.73. The Bertz CT molecular complexity index is 479. The van der Waals surface area contributed by atoms with Crippen molar-refractivity contribution in [2.45, 2.75) is 6.92 Å². The molecule has 4 nitrogen and oxygen atoms in total. The number of anilines is 2. The van der Waals surface area contributed by atoms with Crippen molar-refractivity contribution in [3.05, 3.63) is 23.2 Å². The second-order valence-corrected chi connectivity index (χ2v) is 5.67. The molecule has 20 heavy (non-hydrogen) atoms. The van der Waals surface area contributed by atoms with Gasteiger partial charge < -0.3 is 15.5 Å². The van der Waals surface area contributed by atoms with Crippen LogP contribution >= 0.6 is 24.0 Å². The van der Waals surface area contributed by atoms with Crippen molar-refractivity contribution in [1.29, 1.82) is 0 Å². The maximum atomic E-state index is 12.3. The van der Waals surface area contributed by atoms with Crippen molar-refractivity contribution >= 4 is 41.3 Å². The van der Waals surface area contributed by atoms with E-state index in [9.17, 15) is 4.79 Å². The van der Waals surface area contributed by atoms with E-state index in [1.807, 2.05) is 37.2 Å². The van der Waals surface area contributed by atoms with Gasteiger partial charge in [-0.25, -0.2) is 0 Å². The van der Waals surface area contributed by atoms with E-state index in [1.54, 1.807) is 0 Å². The topological polar surface area (TPSA) is 44.4 Å². The van der Waals surface area contributed by atoms with Crippen LogP contribution in [0.4, 0.5) is 11.4 Å². The monoisotopic (exact) mass is 317 g/mol. The van der Waals surface area contributed by atoms with Gasteiger partial charge in [0.15, 0.2) is 0 Å². The van der Waals surface area contributed by atoms with Crippen LogP contribution < -0.4 is 15.5 Å². The van der Waals surface area contributed by atoms with Crippen LogP contribution in [0.25, 0.3) is 0 Å². The molecule has 1 aromatic carbocycles. The van der Waals surface area contributed by atoms with Crippen molar-refractivity contribution in [3.8, 4) is 0 Å². The Hall–Kier alpha value is -0.970. The molecule has 112 valence electrons. The number of carbonyl (C=O) groups excluding carboxylic acids is 1. The van der Waals surface area contributed by atoms with Gasteiger partial charge in [0.1, 0.15) is 0 Å². The molecule has 1 aliphatic heterocycles. The van der Waals surface area contributed by atoms with Crippen LogP contribution in [0.5, 0.6) is 0 Å². The van der Waals surface area contributed by atoms with Gasteiger partial charge in [-0.15, -0.1) is 12.4 Å². The fourth-order valence-electron chi connectivity index (χ4n) is 2.46. The number of halogens is 2. The van der Waals surface area contributed by atoms with Gasteiger partial charge in [0.05, 0.1) is 22.3 Å². The fourth-order valence-corrected chi connectivity index (χ4v) is 2.80. The quantitative estimate of drug-likeness (QED) is 0.900. The van der Waals surface area contributed by atoms with Gasteiger partial charge in [-0.3, -0.25) is 4.79 Å². The highest BCUT2D eigenvalue weighted by Gasteiger charge is 2.30. The molecule has 2 atom stereocenters. The highest BCUT2D eigenvalue weighted by molar-refractivity contribution is 6.34. The molecule has 1 amide bonds. The van der Waals surface area contributed by atoms with Crippen molar-refractivity contribution < 1.29 is 4.79 Å². The summed E-state index contributed by atoms with van der Waals surface area (Å²) in [7, 11) is 3.83. The first-order valence-electron chi connectivity index (χ1n) is 6.48. The van der Waals surface area contributed by atoms with E-state index in [0.717, 1.165) is 24.5 Å². The Morgan fingerprint density at radius 1 is 1.40 bits per heavy atom. The minimum absolute atomic E-state index is 0. The van der Waals surface area contributed by atoms with Crippen molar-refractivity contribution in [3.63, 3.8) is 0 Å². The third-order valence-electron chi connectivity index (χ3n) is 3.55. The van der Waals surface area contributed by atoms with E-state index in [1.165, 1.54) is 0 Å². The summed E-state index contributed by atoms with van der Waals surface area (Å²) >= 11 is 6.19. The van der Waals surface area contributed by atoms with Crippen LogP contribution in [0, 0.1) is 11.8 Å². The molecular formula is C14H21Cl2N3O. The second-order valence-electron chi connectivity index (χ2n) is 5.26. The predicted octanol–water partition coefficient (Wildman–Crippen LogP) is 2.62. The van der Waals surface area contributed by atoms with Crippen LogP contribution in [-0.2, 0) is 4.79 Å². The normalized spacial score (nSPS) is 21.2. The number of benzene rings is 1. The Labute approximate surface area is 131 Å². The van der Waals surface area contributed by atoms with Gasteiger partial charge in [-0.2, -0.15) is 0 Å². The Morgan fingerprint density at radius 2 is 2.10 bits per heavy atom. The molecule has 0 aliphatic carbocycles. The summed E-state index contributed by atoms with van der Waals surface area (Å²) in [5.41, 5.74) is 1.61. The zero-order valence-electron chi connectivity index (χ0n) is 11.9. The molecule has 0 radical (unpaired) electrons. The Morgan fingerprint density at radius 3 is 2.65 bits per heavy atom. The smallest absolute Gasteiger partial charge is 0.229 e. The Balaban J connectivity index is 0.00000200. The minimum atomic E-state index is 0. The average molecular weight is 318 g/mol. The molecule has 0 bridgehead atoms. The number of hydrogen-bond acceptors (Lipinski definition) is 3. The van der Waals surface area contributed by atoms with Gasteiger partial charge in [0.25, 0.3) is 0 Å². The summed E-state index contributed by atoms with van der Waals surface area (Å²) in [5.74, 6) is 0.443. The fraction of sp³-hybridized carbons (Fsp3) is 0.500. The maximum Gasteiger partial charge on any atom is 0.229 e. The zero-order valence-corrected chi connectivity index (χ0v) is 13.5.